The highest BCUT2D eigenvalue weighted by atomic mass is 32.2. The van der Waals surface area contributed by atoms with Gasteiger partial charge in [-0.3, -0.25) is 4.99 Å². The van der Waals surface area contributed by atoms with Gasteiger partial charge in [0.25, 0.3) is 0 Å². The lowest BCUT2D eigenvalue weighted by Crippen LogP contribution is -2.48. The van der Waals surface area contributed by atoms with E-state index in [2.05, 4.69) is 10.3 Å². The number of rotatable bonds is 7. The number of carbonyl (C=O) groups is 1. The van der Waals surface area contributed by atoms with Crippen LogP contribution >= 0.6 is 0 Å². The Balaban J connectivity index is 1.70. The van der Waals surface area contributed by atoms with E-state index in [1.165, 1.54) is 0 Å². The van der Waals surface area contributed by atoms with Crippen molar-refractivity contribution in [1.82, 2.24) is 10.2 Å². The van der Waals surface area contributed by atoms with E-state index in [0.717, 1.165) is 12.8 Å². The number of hydrogen-bond acceptors (Lipinski definition) is 5. The molecule has 1 aliphatic heterocycles. The van der Waals surface area contributed by atoms with Crippen LogP contribution in [0.4, 0.5) is 4.79 Å². The summed E-state index contributed by atoms with van der Waals surface area (Å²) >= 11 is 0. The quantitative estimate of drug-likeness (QED) is 0.409. The third-order valence-corrected chi connectivity index (χ3v) is 6.15. The van der Waals surface area contributed by atoms with E-state index in [4.69, 9.17) is 10.5 Å². The average Bonchev–Trinajstić information content (AvgIpc) is 2.67. The molecule has 0 radical (unpaired) electrons. The normalized spacial score (nSPS) is 16.2. The number of benzene rings is 1. The standard InChI is InChI=1S/C18H28N4O4S/c1-2-26-18(23)22-12-9-15(10-13-22)21-17(19)20-11-6-14-27(24,25)16-7-4-3-5-8-16/h3-5,7-8,15H,2,6,9-14H2,1H3,(H3,19,20,21). The fourth-order valence-electron chi connectivity index (χ4n) is 2.88. The van der Waals surface area contributed by atoms with E-state index in [1.54, 1.807) is 42.2 Å². The van der Waals surface area contributed by atoms with E-state index in [-0.39, 0.29) is 17.9 Å². The van der Waals surface area contributed by atoms with E-state index >= 15 is 0 Å². The van der Waals surface area contributed by atoms with Crippen LogP contribution in [0.25, 0.3) is 0 Å². The first-order valence-electron chi connectivity index (χ1n) is 9.18. The molecule has 9 heteroatoms. The van der Waals surface area contributed by atoms with Crippen molar-refractivity contribution in [1.29, 1.82) is 0 Å². The fraction of sp³-hybridized carbons (Fsp3) is 0.556. The van der Waals surface area contributed by atoms with Crippen molar-refractivity contribution in [3.05, 3.63) is 30.3 Å². The van der Waals surface area contributed by atoms with Crippen molar-refractivity contribution in [2.75, 3.05) is 32.0 Å². The number of nitrogens with one attached hydrogen (secondary N) is 1. The van der Waals surface area contributed by atoms with E-state index in [0.29, 0.717) is 43.5 Å². The summed E-state index contributed by atoms with van der Waals surface area (Å²) in [5, 5.41) is 3.14. The molecule has 8 nitrogen and oxygen atoms in total. The summed E-state index contributed by atoms with van der Waals surface area (Å²) < 4.78 is 29.4. The Morgan fingerprint density at radius 1 is 1.30 bits per heavy atom. The minimum absolute atomic E-state index is 0.0335. The Hall–Kier alpha value is -2.29. The molecule has 1 amide bonds. The van der Waals surface area contributed by atoms with Crippen LogP contribution in [0.15, 0.2) is 40.2 Å². The third kappa shape index (κ3) is 6.74. The van der Waals surface area contributed by atoms with Gasteiger partial charge in [0.2, 0.25) is 0 Å². The zero-order valence-corrected chi connectivity index (χ0v) is 16.5. The Morgan fingerprint density at radius 2 is 1.96 bits per heavy atom. The molecule has 2 rings (SSSR count). The van der Waals surface area contributed by atoms with Crippen LogP contribution in [-0.4, -0.2) is 63.4 Å². The van der Waals surface area contributed by atoms with Crippen molar-refractivity contribution in [2.24, 2.45) is 10.7 Å². The predicted molar refractivity (Wildman–Crippen MR) is 104 cm³/mol. The van der Waals surface area contributed by atoms with Gasteiger partial charge in [0.1, 0.15) is 0 Å². The monoisotopic (exact) mass is 396 g/mol. The van der Waals surface area contributed by atoms with Gasteiger partial charge in [-0.25, -0.2) is 13.2 Å². The van der Waals surface area contributed by atoms with Crippen LogP contribution in [0.3, 0.4) is 0 Å². The number of hydrogen-bond donors (Lipinski definition) is 2. The molecule has 0 unspecified atom stereocenters. The van der Waals surface area contributed by atoms with Crippen LogP contribution in [0, 0.1) is 0 Å². The number of nitrogens with two attached hydrogens (primary N) is 1. The van der Waals surface area contributed by atoms with Gasteiger partial charge in [-0.05, 0) is 38.3 Å². The first kappa shape index (κ1) is 21.0. The van der Waals surface area contributed by atoms with Gasteiger partial charge < -0.3 is 20.7 Å². The first-order valence-corrected chi connectivity index (χ1v) is 10.8. The minimum Gasteiger partial charge on any atom is -0.450 e. The largest absolute Gasteiger partial charge is 0.450 e. The molecule has 3 N–H and O–H groups in total. The van der Waals surface area contributed by atoms with Crippen LogP contribution in [0.1, 0.15) is 26.2 Å². The number of sulfone groups is 1. The summed E-state index contributed by atoms with van der Waals surface area (Å²) in [5.74, 6) is 0.341. The van der Waals surface area contributed by atoms with Gasteiger partial charge in [0.15, 0.2) is 15.8 Å². The summed E-state index contributed by atoms with van der Waals surface area (Å²) in [6, 6.07) is 8.54. The summed E-state index contributed by atoms with van der Waals surface area (Å²) in [4.78, 5) is 17.9. The summed E-state index contributed by atoms with van der Waals surface area (Å²) in [7, 11) is -3.28. The molecule has 0 atom stereocenters. The van der Waals surface area contributed by atoms with Gasteiger partial charge in [-0.1, -0.05) is 18.2 Å². The van der Waals surface area contributed by atoms with Crippen LogP contribution in [0.5, 0.6) is 0 Å². The van der Waals surface area contributed by atoms with Gasteiger partial charge >= 0.3 is 6.09 Å². The molecular weight excluding hydrogens is 368 g/mol. The number of piperidine rings is 1. The van der Waals surface area contributed by atoms with Gasteiger partial charge in [0.05, 0.1) is 17.3 Å². The Morgan fingerprint density at radius 3 is 2.59 bits per heavy atom. The molecule has 1 heterocycles. The molecular formula is C18H28N4O4S. The molecule has 27 heavy (non-hydrogen) atoms. The maximum absolute atomic E-state index is 12.2. The van der Waals surface area contributed by atoms with Gasteiger partial charge in [-0.15, -0.1) is 0 Å². The minimum atomic E-state index is -3.28. The zero-order valence-electron chi connectivity index (χ0n) is 15.6. The Bertz CT molecular complexity index is 729. The average molecular weight is 397 g/mol. The van der Waals surface area contributed by atoms with Gasteiger partial charge in [0, 0.05) is 25.7 Å². The van der Waals surface area contributed by atoms with Crippen molar-refractivity contribution in [2.45, 2.75) is 37.1 Å². The maximum atomic E-state index is 12.2. The lowest BCUT2D eigenvalue weighted by molar-refractivity contribution is 0.0963. The number of nitrogens with zero attached hydrogens (tertiary/aromatic N) is 2. The second-order valence-corrected chi connectivity index (χ2v) is 8.47. The predicted octanol–water partition coefficient (Wildman–Crippen LogP) is 1.38. The van der Waals surface area contributed by atoms with Crippen LogP contribution in [-0.2, 0) is 14.6 Å². The van der Waals surface area contributed by atoms with Crippen molar-refractivity contribution >= 4 is 21.9 Å². The molecule has 0 aliphatic carbocycles. The molecule has 0 spiro atoms. The Kier molecular flexibility index (Phi) is 7.90. The summed E-state index contributed by atoms with van der Waals surface area (Å²) in [6.07, 6.45) is 1.65. The number of ether oxygens (including phenoxy) is 1. The van der Waals surface area contributed by atoms with Crippen molar-refractivity contribution in [3.63, 3.8) is 0 Å². The van der Waals surface area contributed by atoms with Gasteiger partial charge in [-0.2, -0.15) is 0 Å². The first-order chi connectivity index (χ1) is 12.9. The summed E-state index contributed by atoms with van der Waals surface area (Å²) in [6.45, 7) is 3.72. The molecule has 1 aromatic carbocycles. The van der Waals surface area contributed by atoms with E-state index < -0.39 is 9.84 Å². The highest BCUT2D eigenvalue weighted by Crippen LogP contribution is 2.12. The molecule has 150 valence electrons. The van der Waals surface area contributed by atoms with Crippen LogP contribution < -0.4 is 11.1 Å². The maximum Gasteiger partial charge on any atom is 0.409 e. The number of likely N-dealkylation sites (tertiary alicyclic amines) is 1. The van der Waals surface area contributed by atoms with E-state index in [1.807, 2.05) is 0 Å². The zero-order chi connectivity index (χ0) is 19.7. The molecule has 1 aromatic rings. The highest BCUT2D eigenvalue weighted by molar-refractivity contribution is 7.91. The smallest absolute Gasteiger partial charge is 0.409 e. The molecule has 0 aromatic heterocycles. The third-order valence-electron chi connectivity index (χ3n) is 4.33. The van der Waals surface area contributed by atoms with Crippen molar-refractivity contribution < 1.29 is 17.9 Å². The second-order valence-electron chi connectivity index (χ2n) is 6.36. The Labute approximate surface area is 160 Å². The second kappa shape index (κ2) is 10.1. The number of aliphatic imine (C=N–C) groups is 1. The number of guanidine groups is 1. The molecule has 1 saturated heterocycles. The molecule has 1 fully saturated rings. The summed E-state index contributed by atoms with van der Waals surface area (Å²) in [5.41, 5.74) is 5.89. The molecule has 1 aliphatic rings. The lowest BCUT2D eigenvalue weighted by Gasteiger charge is -2.31. The lowest BCUT2D eigenvalue weighted by atomic mass is 10.1. The SMILES string of the molecule is CCOC(=O)N1CCC(NC(N)=NCCCS(=O)(=O)c2ccccc2)CC1. The molecule has 0 saturated carbocycles. The fourth-order valence-corrected chi connectivity index (χ4v) is 4.19. The molecule has 0 bridgehead atoms. The van der Waals surface area contributed by atoms with Crippen LogP contribution in [0.2, 0.25) is 0 Å². The van der Waals surface area contributed by atoms with E-state index in [9.17, 15) is 13.2 Å². The topological polar surface area (TPSA) is 114 Å². The highest BCUT2D eigenvalue weighted by Gasteiger charge is 2.23. The van der Waals surface area contributed by atoms with Crippen molar-refractivity contribution in [3.8, 4) is 0 Å². The number of carbonyl (C=O) groups excluding carboxylic acids is 1. The number of amides is 1.